The summed E-state index contributed by atoms with van der Waals surface area (Å²) in [6.07, 6.45) is 6.98. The van der Waals surface area contributed by atoms with Gasteiger partial charge in [-0.2, -0.15) is 0 Å². The Morgan fingerprint density at radius 1 is 1.35 bits per heavy atom. The summed E-state index contributed by atoms with van der Waals surface area (Å²) < 4.78 is 0. The highest BCUT2D eigenvalue weighted by atomic mass is 35.5. The Kier molecular flexibility index (Phi) is 7.41. The average Bonchev–Trinajstić information content (AvgIpc) is 3.36. The molecule has 2 aromatic heterocycles. The van der Waals surface area contributed by atoms with E-state index < -0.39 is 0 Å². The zero-order valence-corrected chi connectivity index (χ0v) is 17.2. The smallest absolute Gasteiger partial charge is 0.223 e. The number of rotatable bonds is 5. The number of thiazole rings is 1. The number of pyridine rings is 1. The van der Waals surface area contributed by atoms with Crippen LogP contribution in [0.2, 0.25) is 0 Å². The Morgan fingerprint density at radius 3 is 2.85 bits per heavy atom. The first kappa shape index (κ1) is 21.1. The molecule has 0 saturated heterocycles. The largest absolute Gasteiger partial charge is 0.352 e. The maximum Gasteiger partial charge on any atom is 0.223 e. The molecule has 0 bridgehead atoms. The second-order valence-corrected chi connectivity index (χ2v) is 7.81. The van der Waals surface area contributed by atoms with Gasteiger partial charge in [-0.15, -0.1) is 36.2 Å². The number of amides is 1. The maximum atomic E-state index is 11.9. The van der Waals surface area contributed by atoms with Crippen LogP contribution in [0.5, 0.6) is 0 Å². The summed E-state index contributed by atoms with van der Waals surface area (Å²) in [6, 6.07) is 0. The van der Waals surface area contributed by atoms with Crippen molar-refractivity contribution in [2.45, 2.75) is 45.8 Å². The minimum Gasteiger partial charge on any atom is -0.352 e. The van der Waals surface area contributed by atoms with Gasteiger partial charge >= 0.3 is 0 Å². The number of hydrogen-bond donors (Lipinski definition) is 1. The number of aromatic nitrogens is 2. The molecule has 0 radical (unpaired) electrons. The van der Waals surface area contributed by atoms with Crippen molar-refractivity contribution in [3.05, 3.63) is 45.2 Å². The number of halogens is 2. The Balaban J connectivity index is 0.00000121. The van der Waals surface area contributed by atoms with Crippen molar-refractivity contribution in [3.63, 3.8) is 0 Å². The van der Waals surface area contributed by atoms with Crippen LogP contribution in [-0.4, -0.2) is 27.3 Å². The van der Waals surface area contributed by atoms with Crippen molar-refractivity contribution in [1.82, 2.24) is 20.2 Å². The monoisotopic (exact) mass is 414 g/mol. The van der Waals surface area contributed by atoms with Crippen molar-refractivity contribution >= 4 is 42.1 Å². The third-order valence-corrected chi connectivity index (χ3v) is 5.58. The van der Waals surface area contributed by atoms with E-state index in [0.29, 0.717) is 6.54 Å². The lowest BCUT2D eigenvalue weighted by atomic mass is 9.97. The van der Waals surface area contributed by atoms with Crippen molar-refractivity contribution in [1.29, 1.82) is 0 Å². The number of fused-ring (bicyclic) bond motifs is 1. The first-order chi connectivity index (χ1) is 11.7. The third kappa shape index (κ3) is 4.94. The van der Waals surface area contributed by atoms with Crippen LogP contribution in [0, 0.1) is 12.8 Å². The quantitative estimate of drug-likeness (QED) is 0.815. The topological polar surface area (TPSA) is 58.1 Å². The fourth-order valence-corrected chi connectivity index (χ4v) is 3.90. The molecule has 142 valence electrons. The van der Waals surface area contributed by atoms with Crippen LogP contribution in [-0.2, 0) is 30.8 Å². The van der Waals surface area contributed by atoms with Crippen LogP contribution in [0.1, 0.15) is 40.2 Å². The Morgan fingerprint density at radius 2 is 2.15 bits per heavy atom. The van der Waals surface area contributed by atoms with Crippen molar-refractivity contribution < 1.29 is 4.79 Å². The van der Waals surface area contributed by atoms with Crippen LogP contribution >= 0.6 is 36.2 Å². The summed E-state index contributed by atoms with van der Waals surface area (Å²) in [6.45, 7) is 5.48. The number of hydrogen-bond acceptors (Lipinski definition) is 5. The summed E-state index contributed by atoms with van der Waals surface area (Å²) >= 11 is 1.71. The van der Waals surface area contributed by atoms with Gasteiger partial charge < -0.3 is 5.32 Å². The number of aryl methyl sites for hydroxylation is 1. The van der Waals surface area contributed by atoms with Gasteiger partial charge in [-0.1, -0.05) is 0 Å². The second-order valence-electron chi connectivity index (χ2n) is 6.75. The van der Waals surface area contributed by atoms with E-state index in [-0.39, 0.29) is 36.6 Å². The predicted molar refractivity (Wildman–Crippen MR) is 108 cm³/mol. The van der Waals surface area contributed by atoms with E-state index in [1.165, 1.54) is 16.7 Å². The number of carbonyl (C=O) groups is 1. The molecule has 1 aliphatic carbocycles. The lowest BCUT2D eigenvalue weighted by molar-refractivity contribution is -0.122. The summed E-state index contributed by atoms with van der Waals surface area (Å²) in [7, 11) is 0. The lowest BCUT2D eigenvalue weighted by Gasteiger charge is -2.29. The van der Waals surface area contributed by atoms with E-state index >= 15 is 0 Å². The number of carbonyl (C=O) groups excluding carboxylic acids is 1. The molecule has 2 aromatic rings. The van der Waals surface area contributed by atoms with E-state index in [1.807, 2.05) is 19.3 Å². The van der Waals surface area contributed by atoms with E-state index in [9.17, 15) is 4.79 Å². The van der Waals surface area contributed by atoms with Gasteiger partial charge in [-0.05, 0) is 42.9 Å². The van der Waals surface area contributed by atoms with Crippen molar-refractivity contribution in [3.8, 4) is 0 Å². The van der Waals surface area contributed by atoms with Gasteiger partial charge in [-0.3, -0.25) is 14.7 Å². The normalized spacial score (nSPS) is 16.2. The molecule has 1 N–H and O–H groups in total. The fraction of sp³-hybridized carbons (Fsp3) is 0.500. The highest BCUT2D eigenvalue weighted by Gasteiger charge is 2.29. The minimum absolute atomic E-state index is 0. The minimum atomic E-state index is 0. The first-order valence-corrected chi connectivity index (χ1v) is 9.42. The molecule has 0 atom stereocenters. The highest BCUT2D eigenvalue weighted by molar-refractivity contribution is 7.09. The third-order valence-electron chi connectivity index (χ3n) is 4.76. The molecule has 1 amide bonds. The molecule has 1 aliphatic heterocycles. The zero-order valence-electron chi connectivity index (χ0n) is 14.7. The van der Waals surface area contributed by atoms with Crippen molar-refractivity contribution in [2.75, 3.05) is 6.54 Å². The summed E-state index contributed by atoms with van der Waals surface area (Å²) in [5.74, 6) is 0.457. The Hall–Kier alpha value is -1.21. The second kappa shape index (κ2) is 9.13. The van der Waals surface area contributed by atoms with Gasteiger partial charge in [0.15, 0.2) is 0 Å². The highest BCUT2D eigenvalue weighted by Crippen LogP contribution is 2.29. The zero-order chi connectivity index (χ0) is 16.5. The van der Waals surface area contributed by atoms with Gasteiger partial charge in [0.2, 0.25) is 5.91 Å². The summed E-state index contributed by atoms with van der Waals surface area (Å²) in [5.41, 5.74) is 4.98. The molecule has 0 aromatic carbocycles. The van der Waals surface area contributed by atoms with E-state index in [4.69, 9.17) is 0 Å². The lowest BCUT2D eigenvalue weighted by Crippen LogP contribution is -2.32. The van der Waals surface area contributed by atoms with Gasteiger partial charge in [0.25, 0.3) is 0 Å². The summed E-state index contributed by atoms with van der Waals surface area (Å²) in [5, 5.41) is 6.33. The molecular weight excluding hydrogens is 391 g/mol. The SMILES string of the molecule is Cc1nc(CN2CCc3c(CNC(=O)C4CC4)cncc3C2)cs1.Cl.Cl. The molecule has 1 saturated carbocycles. The van der Waals surface area contributed by atoms with Crippen LogP contribution in [0.15, 0.2) is 17.8 Å². The molecule has 26 heavy (non-hydrogen) atoms. The molecule has 8 heteroatoms. The molecular formula is C18H24Cl2N4OS. The fourth-order valence-electron chi connectivity index (χ4n) is 3.30. The summed E-state index contributed by atoms with van der Waals surface area (Å²) in [4.78, 5) is 23.2. The maximum absolute atomic E-state index is 11.9. The molecule has 5 nitrogen and oxygen atoms in total. The van der Waals surface area contributed by atoms with Crippen LogP contribution in [0.25, 0.3) is 0 Å². The molecule has 0 unspecified atom stereocenters. The molecule has 2 aliphatic rings. The van der Waals surface area contributed by atoms with Crippen LogP contribution in [0.3, 0.4) is 0 Å². The number of nitrogens with one attached hydrogen (secondary N) is 1. The van der Waals surface area contributed by atoms with Gasteiger partial charge in [-0.25, -0.2) is 4.98 Å². The first-order valence-electron chi connectivity index (χ1n) is 8.55. The Labute approximate surface area is 170 Å². The standard InChI is InChI=1S/C18H22N4OS.2ClH/c1-12-21-16(11-24-12)10-22-5-4-17-14(6-19-7-15(17)9-22)8-20-18(23)13-2-3-13;;/h6-7,11,13H,2-5,8-10H2,1H3,(H,20,23);2*1H. The molecule has 4 rings (SSSR count). The van der Waals surface area contributed by atoms with E-state index in [0.717, 1.165) is 49.6 Å². The van der Waals surface area contributed by atoms with Gasteiger partial charge in [0, 0.05) is 49.9 Å². The predicted octanol–water partition coefficient (Wildman–Crippen LogP) is 3.27. The molecule has 0 spiro atoms. The van der Waals surface area contributed by atoms with Crippen LogP contribution < -0.4 is 5.32 Å². The number of nitrogens with zero attached hydrogens (tertiary/aromatic N) is 3. The Bertz CT molecular complexity index is 763. The molecule has 1 fully saturated rings. The van der Waals surface area contributed by atoms with E-state index in [1.54, 1.807) is 11.3 Å². The van der Waals surface area contributed by atoms with Crippen molar-refractivity contribution in [2.24, 2.45) is 5.92 Å². The van der Waals surface area contributed by atoms with Gasteiger partial charge in [0.1, 0.15) is 0 Å². The average molecular weight is 415 g/mol. The van der Waals surface area contributed by atoms with E-state index in [2.05, 4.69) is 25.6 Å². The molecule has 3 heterocycles. The van der Waals surface area contributed by atoms with Gasteiger partial charge in [0.05, 0.1) is 10.7 Å². The van der Waals surface area contributed by atoms with Crippen LogP contribution in [0.4, 0.5) is 0 Å².